The minimum atomic E-state index is -4.86. The summed E-state index contributed by atoms with van der Waals surface area (Å²) in [5, 5.41) is 15.0. The number of nitrogens with one attached hydrogen (secondary N) is 1. The lowest BCUT2D eigenvalue weighted by molar-refractivity contribution is -0.274. The minimum Gasteiger partial charge on any atom is -0.457 e. The molecule has 0 aliphatic carbocycles. The van der Waals surface area contributed by atoms with Gasteiger partial charge in [0.15, 0.2) is 11.5 Å². The maximum Gasteiger partial charge on any atom is 0.573 e. The third-order valence-electron chi connectivity index (χ3n) is 5.54. The van der Waals surface area contributed by atoms with Gasteiger partial charge < -0.3 is 14.8 Å². The monoisotopic (exact) mass is 531 g/mol. The second-order valence-electron chi connectivity index (χ2n) is 9.10. The zero-order valence-corrected chi connectivity index (χ0v) is 21.1. The van der Waals surface area contributed by atoms with Crippen molar-refractivity contribution >= 4 is 17.5 Å². The summed E-state index contributed by atoms with van der Waals surface area (Å²) in [5.74, 6) is -1.19. The highest BCUT2D eigenvalue weighted by molar-refractivity contribution is 6.00. The summed E-state index contributed by atoms with van der Waals surface area (Å²) >= 11 is 0. The van der Waals surface area contributed by atoms with Crippen LogP contribution in [0.5, 0.6) is 5.75 Å². The van der Waals surface area contributed by atoms with E-state index in [9.17, 15) is 22.8 Å². The first-order valence-electron chi connectivity index (χ1n) is 11.3. The number of hydrogen-bond acceptors (Lipinski definition) is 8. The molecule has 1 atom stereocenters. The predicted molar refractivity (Wildman–Crippen MR) is 127 cm³/mol. The zero-order valence-electron chi connectivity index (χ0n) is 21.1. The fourth-order valence-electron chi connectivity index (χ4n) is 3.99. The van der Waals surface area contributed by atoms with E-state index < -0.39 is 35.6 Å². The van der Waals surface area contributed by atoms with Crippen molar-refractivity contribution in [1.29, 1.82) is 0 Å². The van der Waals surface area contributed by atoms with Gasteiger partial charge in [-0.25, -0.2) is 14.2 Å². The molecule has 3 aromatic heterocycles. The van der Waals surface area contributed by atoms with Crippen molar-refractivity contribution in [2.75, 3.05) is 0 Å². The Balaban J connectivity index is 1.70. The van der Waals surface area contributed by atoms with Gasteiger partial charge in [0.1, 0.15) is 16.9 Å². The van der Waals surface area contributed by atoms with Gasteiger partial charge in [-0.15, -0.1) is 18.3 Å². The zero-order chi connectivity index (χ0) is 27.8. The fourth-order valence-corrected chi connectivity index (χ4v) is 3.99. The molecular weight excluding hydrogens is 507 g/mol. The van der Waals surface area contributed by atoms with Gasteiger partial charge in [0.05, 0.1) is 24.1 Å². The van der Waals surface area contributed by atoms with E-state index in [0.717, 1.165) is 17.7 Å². The number of amides is 1. The molecule has 14 heteroatoms. The lowest BCUT2D eigenvalue weighted by atomic mass is 9.91. The van der Waals surface area contributed by atoms with Crippen LogP contribution in [0.15, 0.2) is 42.9 Å². The molecule has 0 fully saturated rings. The number of benzene rings is 1. The lowest BCUT2D eigenvalue weighted by Gasteiger charge is -2.34. The van der Waals surface area contributed by atoms with E-state index >= 15 is 0 Å². The summed E-state index contributed by atoms with van der Waals surface area (Å²) in [4.78, 5) is 29.8. The van der Waals surface area contributed by atoms with Crippen molar-refractivity contribution in [1.82, 2.24) is 34.9 Å². The van der Waals surface area contributed by atoms with Crippen LogP contribution in [-0.4, -0.2) is 53.4 Å². The number of esters is 1. The van der Waals surface area contributed by atoms with E-state index in [4.69, 9.17) is 4.74 Å². The number of alkyl halides is 3. The molecule has 0 saturated carbocycles. The van der Waals surface area contributed by atoms with Gasteiger partial charge in [-0.1, -0.05) is 17.3 Å². The summed E-state index contributed by atoms with van der Waals surface area (Å²) in [6.07, 6.45) is -0.148. The molecule has 4 aromatic rings. The van der Waals surface area contributed by atoms with Gasteiger partial charge in [0, 0.05) is 18.7 Å². The Bertz CT molecular complexity index is 1490. The highest BCUT2D eigenvalue weighted by Crippen LogP contribution is 2.32. The van der Waals surface area contributed by atoms with E-state index in [1.54, 1.807) is 33.2 Å². The largest absolute Gasteiger partial charge is 0.573 e. The molecule has 0 bridgehead atoms. The number of carbonyl (C=O) groups excluding carboxylic acids is 2. The molecule has 0 aliphatic rings. The minimum absolute atomic E-state index is 0.115. The molecule has 0 aliphatic heterocycles. The second-order valence-corrected chi connectivity index (χ2v) is 9.10. The van der Waals surface area contributed by atoms with E-state index in [2.05, 4.69) is 30.4 Å². The summed E-state index contributed by atoms with van der Waals surface area (Å²) in [7, 11) is 0. The normalized spacial score (nSPS) is 12.8. The van der Waals surface area contributed by atoms with Gasteiger partial charge in [-0.05, 0) is 45.4 Å². The average molecular weight is 531 g/mol. The van der Waals surface area contributed by atoms with Crippen LogP contribution in [0.3, 0.4) is 0 Å². The van der Waals surface area contributed by atoms with Crippen LogP contribution < -0.4 is 10.1 Å². The molecule has 1 N–H and O–H groups in total. The van der Waals surface area contributed by atoms with Crippen molar-refractivity contribution in [3.8, 4) is 11.6 Å². The number of ether oxygens (including phenoxy) is 2. The van der Waals surface area contributed by atoms with E-state index in [1.165, 1.54) is 34.5 Å². The Morgan fingerprint density at radius 3 is 2.34 bits per heavy atom. The number of fused-ring (bicyclic) bond motifs is 1. The van der Waals surface area contributed by atoms with Crippen molar-refractivity contribution in [3.05, 3.63) is 65.2 Å². The van der Waals surface area contributed by atoms with Crippen LogP contribution in [0.2, 0.25) is 0 Å². The van der Waals surface area contributed by atoms with Crippen molar-refractivity contribution in [2.45, 2.75) is 52.6 Å². The van der Waals surface area contributed by atoms with Crippen LogP contribution in [0.4, 0.5) is 13.2 Å². The number of rotatable bonds is 7. The number of aromatic nitrogens is 6. The summed E-state index contributed by atoms with van der Waals surface area (Å²) in [5.41, 5.74) is 0.841. The molecule has 200 valence electrons. The van der Waals surface area contributed by atoms with Crippen LogP contribution in [-0.2, 0) is 9.53 Å². The fraction of sp³-hybridized carbons (Fsp3) is 0.333. The molecule has 4 rings (SSSR count). The molecule has 1 amide bonds. The molecule has 0 unspecified atom stereocenters. The van der Waals surface area contributed by atoms with Crippen molar-refractivity contribution < 1.29 is 32.2 Å². The molecule has 1 aromatic carbocycles. The maximum atomic E-state index is 13.5. The highest BCUT2D eigenvalue weighted by atomic mass is 19.4. The number of halogens is 3. The van der Waals surface area contributed by atoms with Crippen LogP contribution in [0.1, 0.15) is 54.0 Å². The van der Waals surface area contributed by atoms with Crippen molar-refractivity contribution in [3.63, 3.8) is 0 Å². The Morgan fingerprint density at radius 2 is 1.76 bits per heavy atom. The van der Waals surface area contributed by atoms with Crippen LogP contribution in [0.25, 0.3) is 11.5 Å². The third kappa shape index (κ3) is 5.74. The Morgan fingerprint density at radius 1 is 1.08 bits per heavy atom. The predicted octanol–water partition coefficient (Wildman–Crippen LogP) is 3.64. The van der Waals surface area contributed by atoms with Gasteiger partial charge >= 0.3 is 12.3 Å². The van der Waals surface area contributed by atoms with E-state index in [-0.39, 0.29) is 11.2 Å². The van der Waals surface area contributed by atoms with Gasteiger partial charge in [0.25, 0.3) is 5.91 Å². The van der Waals surface area contributed by atoms with Crippen LogP contribution >= 0.6 is 0 Å². The first-order chi connectivity index (χ1) is 17.7. The third-order valence-corrected chi connectivity index (χ3v) is 5.54. The molecule has 11 nitrogen and oxygen atoms in total. The molecule has 38 heavy (non-hydrogen) atoms. The SMILES string of the molecule is CC(=O)OC(C)(C)[C@@H](NC(=O)c1cnn2cc(C)c(-n3cc(C)nn3)nc12)c1ccc(OC(F)(F)F)cc1. The van der Waals surface area contributed by atoms with E-state index in [1.807, 2.05) is 6.92 Å². The number of carbonyl (C=O) groups is 2. The topological polar surface area (TPSA) is 126 Å². The smallest absolute Gasteiger partial charge is 0.457 e. The quantitative estimate of drug-likeness (QED) is 0.359. The first kappa shape index (κ1) is 26.6. The number of hydrogen-bond donors (Lipinski definition) is 1. The molecular formula is C24H24F3N7O4. The maximum absolute atomic E-state index is 13.5. The Hall–Kier alpha value is -4.49. The highest BCUT2D eigenvalue weighted by Gasteiger charge is 2.37. The first-order valence-corrected chi connectivity index (χ1v) is 11.3. The van der Waals surface area contributed by atoms with E-state index in [0.29, 0.717) is 17.1 Å². The summed E-state index contributed by atoms with van der Waals surface area (Å²) < 4.78 is 50.1. The van der Waals surface area contributed by atoms with Gasteiger partial charge in [-0.2, -0.15) is 5.10 Å². The number of nitrogens with zero attached hydrogens (tertiary/aromatic N) is 6. The molecule has 0 saturated heterocycles. The van der Waals surface area contributed by atoms with Crippen molar-refractivity contribution in [2.24, 2.45) is 0 Å². The standard InChI is InChI=1S/C24H24F3N7O4/c1-13-11-33-21(30-20(13)34-12-14(2)31-32-34)18(10-28-33)22(36)29-19(23(4,5)37-15(3)35)16-6-8-17(9-7-16)38-24(25,26)27/h6-12,19H,1-5H3,(H,29,36)/t19-/m0/s1. The molecule has 3 heterocycles. The summed E-state index contributed by atoms with van der Waals surface area (Å²) in [6.45, 7) is 7.95. The second kappa shape index (κ2) is 9.76. The lowest BCUT2D eigenvalue weighted by Crippen LogP contribution is -2.45. The Kier molecular flexibility index (Phi) is 6.82. The van der Waals surface area contributed by atoms with Gasteiger partial charge in [-0.3, -0.25) is 9.59 Å². The number of aryl methyl sites for hydroxylation is 2. The average Bonchev–Trinajstić information content (AvgIpc) is 3.41. The summed E-state index contributed by atoms with van der Waals surface area (Å²) in [6, 6.07) is 3.95. The van der Waals surface area contributed by atoms with Crippen LogP contribution in [0, 0.1) is 13.8 Å². The Labute approximate surface area is 214 Å². The molecule has 0 radical (unpaired) electrons. The van der Waals surface area contributed by atoms with Gasteiger partial charge in [0.2, 0.25) is 0 Å². The molecule has 0 spiro atoms.